The molecule has 0 radical (unpaired) electrons. The molecule has 5 heteroatoms. The van der Waals surface area contributed by atoms with Gasteiger partial charge in [0.15, 0.2) is 11.0 Å². The lowest BCUT2D eigenvalue weighted by molar-refractivity contribution is 0.885. The Hall–Kier alpha value is -2.92. The number of benzene rings is 2. The first kappa shape index (κ1) is 16.5. The lowest BCUT2D eigenvalue weighted by atomic mass is 10.2. The van der Waals surface area contributed by atoms with Gasteiger partial charge in [-0.1, -0.05) is 59.8 Å². The zero-order chi connectivity index (χ0) is 17.8. The van der Waals surface area contributed by atoms with E-state index in [9.17, 15) is 0 Å². The maximum Gasteiger partial charge on any atom is 0.196 e. The van der Waals surface area contributed by atoms with Crippen LogP contribution in [0, 0.1) is 6.92 Å². The molecular weight excluding hydrogens is 340 g/mol. The van der Waals surface area contributed by atoms with E-state index in [4.69, 9.17) is 0 Å². The van der Waals surface area contributed by atoms with Crippen LogP contribution in [0.3, 0.4) is 0 Å². The summed E-state index contributed by atoms with van der Waals surface area (Å²) in [6.45, 7) is 2.09. The Morgan fingerprint density at radius 1 is 0.846 bits per heavy atom. The fourth-order valence-electron chi connectivity index (χ4n) is 2.70. The number of hydrogen-bond donors (Lipinski definition) is 0. The van der Waals surface area contributed by atoms with E-state index in [2.05, 4.69) is 75.2 Å². The van der Waals surface area contributed by atoms with Gasteiger partial charge >= 0.3 is 0 Å². The first-order chi connectivity index (χ1) is 12.8. The zero-order valence-corrected chi connectivity index (χ0v) is 15.2. The third kappa shape index (κ3) is 3.53. The van der Waals surface area contributed by atoms with E-state index in [-0.39, 0.29) is 0 Å². The largest absolute Gasteiger partial charge is 0.270 e. The van der Waals surface area contributed by atoms with Crippen LogP contribution in [-0.4, -0.2) is 19.7 Å². The maximum atomic E-state index is 4.46. The van der Waals surface area contributed by atoms with Crippen molar-refractivity contribution in [3.63, 3.8) is 0 Å². The smallest absolute Gasteiger partial charge is 0.196 e. The summed E-state index contributed by atoms with van der Waals surface area (Å²) < 4.78 is 2.11. The number of rotatable bonds is 5. The third-order valence-corrected chi connectivity index (χ3v) is 5.07. The number of hydrogen-bond acceptors (Lipinski definition) is 4. The molecule has 0 saturated heterocycles. The summed E-state index contributed by atoms with van der Waals surface area (Å²) in [4.78, 5) is 4.11. The van der Waals surface area contributed by atoms with E-state index in [1.165, 1.54) is 11.1 Å². The molecule has 0 aliphatic rings. The quantitative estimate of drug-likeness (QED) is 0.475. The van der Waals surface area contributed by atoms with Gasteiger partial charge in [-0.25, -0.2) is 0 Å². The third-order valence-electron chi connectivity index (χ3n) is 4.07. The standard InChI is InChI=1S/C21H18N4S/c1-16-7-9-19(10-8-16)25-20(18-11-13-22-14-12-18)23-24-21(25)26-15-17-5-3-2-4-6-17/h2-14H,15H2,1H3. The molecule has 0 saturated carbocycles. The predicted octanol–water partition coefficient (Wildman–Crippen LogP) is 4.93. The van der Waals surface area contributed by atoms with Crippen molar-refractivity contribution in [2.75, 3.05) is 0 Å². The minimum Gasteiger partial charge on any atom is -0.270 e. The molecular formula is C21H18N4S. The number of thioether (sulfide) groups is 1. The van der Waals surface area contributed by atoms with Crippen molar-refractivity contribution < 1.29 is 0 Å². The minimum absolute atomic E-state index is 0.826. The van der Waals surface area contributed by atoms with E-state index in [0.29, 0.717) is 0 Å². The van der Waals surface area contributed by atoms with Crippen molar-refractivity contribution in [1.82, 2.24) is 19.7 Å². The van der Waals surface area contributed by atoms with Gasteiger partial charge in [0, 0.05) is 29.4 Å². The normalized spacial score (nSPS) is 10.8. The van der Waals surface area contributed by atoms with Crippen molar-refractivity contribution in [1.29, 1.82) is 0 Å². The summed E-state index contributed by atoms with van der Waals surface area (Å²) in [5.74, 6) is 1.67. The highest BCUT2D eigenvalue weighted by Gasteiger charge is 2.16. The number of aryl methyl sites for hydroxylation is 1. The molecule has 2 aromatic heterocycles. The summed E-state index contributed by atoms with van der Waals surface area (Å²) in [5, 5.41) is 9.80. The van der Waals surface area contributed by atoms with Gasteiger partial charge < -0.3 is 0 Å². The Morgan fingerprint density at radius 2 is 1.58 bits per heavy atom. The van der Waals surface area contributed by atoms with Gasteiger partial charge in [0.2, 0.25) is 0 Å². The second-order valence-electron chi connectivity index (χ2n) is 5.99. The zero-order valence-electron chi connectivity index (χ0n) is 14.4. The molecule has 0 aliphatic carbocycles. The predicted molar refractivity (Wildman–Crippen MR) is 105 cm³/mol. The average Bonchev–Trinajstić information content (AvgIpc) is 3.12. The molecule has 2 heterocycles. The molecule has 0 bridgehead atoms. The molecule has 0 unspecified atom stereocenters. The highest BCUT2D eigenvalue weighted by atomic mass is 32.2. The van der Waals surface area contributed by atoms with Gasteiger partial charge in [0.1, 0.15) is 0 Å². The first-order valence-corrected chi connectivity index (χ1v) is 9.39. The van der Waals surface area contributed by atoms with Gasteiger partial charge in [0.05, 0.1) is 0 Å². The Balaban J connectivity index is 1.74. The van der Waals surface area contributed by atoms with Crippen molar-refractivity contribution >= 4 is 11.8 Å². The van der Waals surface area contributed by atoms with Gasteiger partial charge in [-0.15, -0.1) is 10.2 Å². The highest BCUT2D eigenvalue weighted by molar-refractivity contribution is 7.98. The summed E-state index contributed by atoms with van der Waals surface area (Å²) in [7, 11) is 0. The number of pyridine rings is 1. The van der Waals surface area contributed by atoms with Crippen LogP contribution in [0.4, 0.5) is 0 Å². The van der Waals surface area contributed by atoms with Crippen molar-refractivity contribution in [2.24, 2.45) is 0 Å². The van der Waals surface area contributed by atoms with Gasteiger partial charge in [-0.05, 0) is 36.8 Å². The van der Waals surface area contributed by atoms with Crippen molar-refractivity contribution in [2.45, 2.75) is 17.8 Å². The van der Waals surface area contributed by atoms with Crippen LogP contribution in [0.1, 0.15) is 11.1 Å². The van der Waals surface area contributed by atoms with Crippen LogP contribution < -0.4 is 0 Å². The molecule has 0 atom stereocenters. The van der Waals surface area contributed by atoms with E-state index >= 15 is 0 Å². The Bertz CT molecular complexity index is 980. The van der Waals surface area contributed by atoms with E-state index < -0.39 is 0 Å². The second-order valence-corrected chi connectivity index (χ2v) is 6.93. The molecule has 0 spiro atoms. The Morgan fingerprint density at radius 3 is 2.31 bits per heavy atom. The van der Waals surface area contributed by atoms with Gasteiger partial charge in [-0.2, -0.15) is 0 Å². The van der Waals surface area contributed by atoms with Gasteiger partial charge in [0.25, 0.3) is 0 Å². The summed E-state index contributed by atoms with van der Waals surface area (Å²) in [6.07, 6.45) is 3.56. The number of nitrogens with zero attached hydrogens (tertiary/aromatic N) is 4. The van der Waals surface area contributed by atoms with Crippen LogP contribution in [0.5, 0.6) is 0 Å². The van der Waals surface area contributed by atoms with Crippen LogP contribution in [-0.2, 0) is 5.75 Å². The fraction of sp³-hybridized carbons (Fsp3) is 0.0952. The van der Waals surface area contributed by atoms with E-state index in [1.807, 2.05) is 18.2 Å². The Kier molecular flexibility index (Phi) is 4.80. The molecule has 0 N–H and O–H groups in total. The van der Waals surface area contributed by atoms with E-state index in [1.54, 1.807) is 24.2 Å². The molecule has 0 aliphatic heterocycles. The molecule has 4 nitrogen and oxygen atoms in total. The molecule has 2 aromatic carbocycles. The van der Waals surface area contributed by atoms with Gasteiger partial charge in [-0.3, -0.25) is 9.55 Å². The summed E-state index contributed by atoms with van der Waals surface area (Å²) in [6, 6.07) is 22.8. The highest BCUT2D eigenvalue weighted by Crippen LogP contribution is 2.29. The van der Waals surface area contributed by atoms with Crippen LogP contribution in [0.15, 0.2) is 84.3 Å². The molecule has 0 amide bonds. The topological polar surface area (TPSA) is 43.6 Å². The first-order valence-electron chi connectivity index (χ1n) is 8.41. The average molecular weight is 358 g/mol. The lowest BCUT2D eigenvalue weighted by Crippen LogP contribution is -2.00. The van der Waals surface area contributed by atoms with Crippen LogP contribution in [0.25, 0.3) is 17.1 Å². The fourth-order valence-corrected chi connectivity index (χ4v) is 3.61. The Labute approximate surface area is 157 Å². The van der Waals surface area contributed by atoms with E-state index in [0.717, 1.165) is 28.0 Å². The molecule has 0 fully saturated rings. The maximum absolute atomic E-state index is 4.46. The van der Waals surface area contributed by atoms with Crippen molar-refractivity contribution in [3.8, 4) is 17.1 Å². The lowest BCUT2D eigenvalue weighted by Gasteiger charge is -2.10. The minimum atomic E-state index is 0.826. The molecule has 128 valence electrons. The monoisotopic (exact) mass is 358 g/mol. The molecule has 4 rings (SSSR count). The summed E-state index contributed by atoms with van der Waals surface area (Å²) in [5.41, 5.74) is 4.55. The van der Waals surface area contributed by atoms with Crippen LogP contribution in [0.2, 0.25) is 0 Å². The number of aromatic nitrogens is 4. The van der Waals surface area contributed by atoms with Crippen LogP contribution >= 0.6 is 11.8 Å². The van der Waals surface area contributed by atoms with Crippen molar-refractivity contribution in [3.05, 3.63) is 90.3 Å². The summed E-state index contributed by atoms with van der Waals surface area (Å²) >= 11 is 1.69. The second kappa shape index (κ2) is 7.54. The molecule has 26 heavy (non-hydrogen) atoms. The SMILES string of the molecule is Cc1ccc(-n2c(SCc3ccccc3)nnc2-c2ccncc2)cc1. The molecule has 4 aromatic rings.